The largest absolute Gasteiger partial charge is 0.482 e. The first-order valence-electron chi connectivity index (χ1n) is 8.18. The first-order valence-corrected chi connectivity index (χ1v) is 8.18. The Kier molecular flexibility index (Phi) is 3.89. The number of carbonyl (C=O) groups excluding carboxylic acids is 1. The van der Waals surface area contributed by atoms with Crippen LogP contribution in [0.15, 0.2) is 72.9 Å². The van der Waals surface area contributed by atoms with E-state index in [-0.39, 0.29) is 0 Å². The molecule has 0 fully saturated rings. The lowest BCUT2D eigenvalue weighted by Crippen LogP contribution is -2.10. The van der Waals surface area contributed by atoms with Gasteiger partial charge in [0.1, 0.15) is 5.65 Å². The molecule has 0 spiro atoms. The number of benzene rings is 2. The molecule has 5 heteroatoms. The molecule has 0 aliphatic heterocycles. The van der Waals surface area contributed by atoms with Gasteiger partial charge in [-0.25, -0.2) is 4.98 Å². The Hall–Kier alpha value is -3.60. The van der Waals surface area contributed by atoms with Crippen LogP contribution in [0, 0.1) is 0 Å². The van der Waals surface area contributed by atoms with Crippen molar-refractivity contribution in [2.24, 2.45) is 5.73 Å². The molecule has 0 aliphatic rings. The minimum absolute atomic E-state index is 0.445. The zero-order valence-electron chi connectivity index (χ0n) is 14.2. The van der Waals surface area contributed by atoms with Crippen LogP contribution < -0.4 is 10.5 Å². The summed E-state index contributed by atoms with van der Waals surface area (Å²) in [6.45, 7) is 0. The van der Waals surface area contributed by atoms with Crippen LogP contribution in [0.3, 0.4) is 0 Å². The lowest BCUT2D eigenvalue weighted by molar-refractivity contribution is 0.100. The highest BCUT2D eigenvalue weighted by Gasteiger charge is 2.13. The average Bonchev–Trinajstić information content (AvgIpc) is 3.12. The minimum atomic E-state index is -0.445. The number of fused-ring (bicyclic) bond motifs is 1. The number of primary amides is 1. The number of aromatic nitrogens is 2. The van der Waals surface area contributed by atoms with Gasteiger partial charge in [0.2, 0.25) is 5.91 Å². The van der Waals surface area contributed by atoms with Crippen LogP contribution in [-0.2, 0) is 0 Å². The van der Waals surface area contributed by atoms with Crippen molar-refractivity contribution in [3.63, 3.8) is 0 Å². The molecule has 4 rings (SSSR count). The van der Waals surface area contributed by atoms with Crippen molar-refractivity contribution in [3.8, 4) is 28.3 Å². The van der Waals surface area contributed by atoms with Gasteiger partial charge in [0.25, 0.3) is 0 Å². The van der Waals surface area contributed by atoms with Crippen molar-refractivity contribution in [1.29, 1.82) is 0 Å². The molecule has 0 unspecified atom stereocenters. The lowest BCUT2D eigenvalue weighted by Gasteiger charge is -2.11. The summed E-state index contributed by atoms with van der Waals surface area (Å²) in [4.78, 5) is 15.8. The maximum atomic E-state index is 11.3. The van der Waals surface area contributed by atoms with Gasteiger partial charge in [-0.2, -0.15) is 0 Å². The summed E-state index contributed by atoms with van der Waals surface area (Å²) >= 11 is 0. The van der Waals surface area contributed by atoms with Crippen LogP contribution in [0.5, 0.6) is 5.88 Å². The molecule has 2 aromatic carbocycles. The summed E-state index contributed by atoms with van der Waals surface area (Å²) in [5.41, 5.74) is 10.5. The number of methoxy groups -OCH3 is 1. The van der Waals surface area contributed by atoms with Crippen LogP contribution in [-0.4, -0.2) is 22.4 Å². The first-order chi connectivity index (χ1) is 12.7. The predicted molar refractivity (Wildman–Crippen MR) is 101 cm³/mol. The van der Waals surface area contributed by atoms with Gasteiger partial charge in [-0.05, 0) is 29.3 Å². The third-order valence-corrected chi connectivity index (χ3v) is 4.35. The van der Waals surface area contributed by atoms with E-state index in [1.807, 2.05) is 46.9 Å². The second kappa shape index (κ2) is 6.37. The standard InChI is InChI=1S/C21H17N3O2/c1-26-20-12-17(14-5-3-2-4-6-14)11-19-23-13-18(24(19)20)15-7-9-16(10-8-15)21(22)25/h2-13H,1H3,(H2,22,25). The summed E-state index contributed by atoms with van der Waals surface area (Å²) in [6.07, 6.45) is 1.80. The minimum Gasteiger partial charge on any atom is -0.482 e. The highest BCUT2D eigenvalue weighted by Crippen LogP contribution is 2.31. The SMILES string of the molecule is COc1cc(-c2ccccc2)cc2ncc(-c3ccc(C(N)=O)cc3)n12. The second-order valence-electron chi connectivity index (χ2n) is 5.93. The van der Waals surface area contributed by atoms with Crippen molar-refractivity contribution in [3.05, 3.63) is 78.5 Å². The molecule has 2 heterocycles. The quantitative estimate of drug-likeness (QED) is 0.613. The molecule has 5 nitrogen and oxygen atoms in total. The fourth-order valence-corrected chi connectivity index (χ4v) is 3.03. The molecule has 2 aromatic heterocycles. The zero-order valence-corrected chi connectivity index (χ0v) is 14.2. The van der Waals surface area contributed by atoms with Gasteiger partial charge in [-0.1, -0.05) is 42.5 Å². The van der Waals surface area contributed by atoms with Crippen molar-refractivity contribution < 1.29 is 9.53 Å². The number of nitrogens with zero attached hydrogens (tertiary/aromatic N) is 2. The molecule has 0 saturated heterocycles. The summed E-state index contributed by atoms with van der Waals surface area (Å²) in [5, 5.41) is 0. The van der Waals surface area contributed by atoms with Gasteiger partial charge in [-0.3, -0.25) is 9.20 Å². The van der Waals surface area contributed by atoms with Crippen LogP contribution in [0.25, 0.3) is 28.0 Å². The predicted octanol–water partition coefficient (Wildman–Crippen LogP) is 3.78. The fourth-order valence-electron chi connectivity index (χ4n) is 3.03. The Labute approximate surface area is 150 Å². The monoisotopic (exact) mass is 343 g/mol. The molecule has 0 bridgehead atoms. The highest BCUT2D eigenvalue weighted by atomic mass is 16.5. The molecule has 0 atom stereocenters. The number of pyridine rings is 1. The Morgan fingerprint density at radius 1 is 0.962 bits per heavy atom. The number of hydrogen-bond acceptors (Lipinski definition) is 3. The van der Waals surface area contributed by atoms with Crippen LogP contribution in [0.4, 0.5) is 0 Å². The van der Waals surface area contributed by atoms with Gasteiger partial charge in [0.05, 0.1) is 19.0 Å². The number of imidazole rings is 1. The van der Waals surface area contributed by atoms with Crippen molar-refractivity contribution >= 4 is 11.6 Å². The number of carbonyl (C=O) groups is 1. The average molecular weight is 343 g/mol. The lowest BCUT2D eigenvalue weighted by atomic mass is 10.1. The van der Waals surface area contributed by atoms with Crippen LogP contribution in [0.2, 0.25) is 0 Å². The second-order valence-corrected chi connectivity index (χ2v) is 5.93. The first kappa shape index (κ1) is 15.9. The molecular formula is C21H17N3O2. The third-order valence-electron chi connectivity index (χ3n) is 4.35. The fraction of sp³-hybridized carbons (Fsp3) is 0.0476. The summed E-state index contributed by atoms with van der Waals surface area (Å²) in [6, 6.07) is 21.3. The maximum absolute atomic E-state index is 11.3. The van der Waals surface area contributed by atoms with Gasteiger partial charge < -0.3 is 10.5 Å². The Balaban J connectivity index is 1.86. The Morgan fingerprint density at radius 3 is 2.35 bits per heavy atom. The van der Waals surface area contributed by atoms with E-state index in [1.165, 1.54) is 0 Å². The molecule has 0 aliphatic carbocycles. The Morgan fingerprint density at radius 2 is 1.69 bits per heavy atom. The summed E-state index contributed by atoms with van der Waals surface area (Å²) in [5.74, 6) is 0.243. The summed E-state index contributed by atoms with van der Waals surface area (Å²) < 4.78 is 7.57. The Bertz CT molecular complexity index is 1080. The van der Waals surface area contributed by atoms with E-state index in [0.29, 0.717) is 11.4 Å². The highest BCUT2D eigenvalue weighted by molar-refractivity contribution is 5.93. The number of ether oxygens (including phenoxy) is 1. The molecule has 128 valence electrons. The number of nitrogens with two attached hydrogens (primary N) is 1. The number of hydrogen-bond donors (Lipinski definition) is 1. The zero-order chi connectivity index (χ0) is 18.1. The molecule has 0 radical (unpaired) electrons. The van der Waals surface area contributed by atoms with Crippen LogP contribution in [0.1, 0.15) is 10.4 Å². The van der Waals surface area contributed by atoms with Gasteiger partial charge in [0.15, 0.2) is 5.88 Å². The molecule has 0 saturated carbocycles. The maximum Gasteiger partial charge on any atom is 0.248 e. The molecule has 1 amide bonds. The van der Waals surface area contributed by atoms with Crippen LogP contribution >= 0.6 is 0 Å². The summed E-state index contributed by atoms with van der Waals surface area (Å²) in [7, 11) is 1.64. The number of rotatable bonds is 4. The van der Waals surface area contributed by atoms with E-state index in [2.05, 4.69) is 17.1 Å². The van der Waals surface area contributed by atoms with E-state index in [0.717, 1.165) is 28.0 Å². The van der Waals surface area contributed by atoms with Gasteiger partial charge >= 0.3 is 0 Å². The molecule has 26 heavy (non-hydrogen) atoms. The molecule has 4 aromatic rings. The normalized spacial score (nSPS) is 10.8. The number of amides is 1. The van der Waals surface area contributed by atoms with Crippen molar-refractivity contribution in [1.82, 2.24) is 9.38 Å². The van der Waals surface area contributed by atoms with E-state index in [9.17, 15) is 4.79 Å². The molecular weight excluding hydrogens is 326 g/mol. The van der Waals surface area contributed by atoms with E-state index < -0.39 is 5.91 Å². The third kappa shape index (κ3) is 2.69. The van der Waals surface area contributed by atoms with E-state index in [4.69, 9.17) is 10.5 Å². The van der Waals surface area contributed by atoms with Crippen molar-refractivity contribution in [2.45, 2.75) is 0 Å². The smallest absolute Gasteiger partial charge is 0.248 e. The van der Waals surface area contributed by atoms with Gasteiger partial charge in [0, 0.05) is 17.2 Å². The topological polar surface area (TPSA) is 69.6 Å². The molecule has 2 N–H and O–H groups in total. The van der Waals surface area contributed by atoms with E-state index in [1.54, 1.807) is 25.4 Å². The van der Waals surface area contributed by atoms with Crippen molar-refractivity contribution in [2.75, 3.05) is 7.11 Å². The van der Waals surface area contributed by atoms with Gasteiger partial charge in [-0.15, -0.1) is 0 Å². The van der Waals surface area contributed by atoms with E-state index >= 15 is 0 Å².